The van der Waals surface area contributed by atoms with E-state index < -0.39 is 6.10 Å². The lowest BCUT2D eigenvalue weighted by Crippen LogP contribution is -2.31. The largest absolute Gasteiger partial charge is 0.479 e. The number of hydrogen-bond donors (Lipinski definition) is 1. The Kier molecular flexibility index (Phi) is 5.62. The molecule has 3 aromatic rings. The summed E-state index contributed by atoms with van der Waals surface area (Å²) in [5.74, 6) is 0.923. The van der Waals surface area contributed by atoms with Crippen LogP contribution in [0, 0.1) is 13.8 Å². The van der Waals surface area contributed by atoms with Crippen LogP contribution in [0.3, 0.4) is 0 Å². The molecule has 0 saturated carbocycles. The zero-order valence-electron chi connectivity index (χ0n) is 14.9. The van der Waals surface area contributed by atoms with Crippen LogP contribution in [0.5, 0.6) is 5.75 Å². The first kappa shape index (κ1) is 19.1. The summed E-state index contributed by atoms with van der Waals surface area (Å²) in [6.07, 6.45) is -0.811. The zero-order chi connectivity index (χ0) is 19.6. The van der Waals surface area contributed by atoms with Gasteiger partial charge in [0.2, 0.25) is 0 Å². The summed E-state index contributed by atoms with van der Waals surface area (Å²) in [4.78, 5) is 12.6. The van der Waals surface area contributed by atoms with Gasteiger partial charge in [0.1, 0.15) is 16.6 Å². The number of carbonyl (C=O) groups excluding carboxylic acids is 1. The number of nitrogens with one attached hydrogen (secondary N) is 1. The highest BCUT2D eigenvalue weighted by molar-refractivity contribution is 6.42. The molecule has 140 valence electrons. The van der Waals surface area contributed by atoms with Crippen molar-refractivity contribution in [3.63, 3.8) is 0 Å². The van der Waals surface area contributed by atoms with Crippen LogP contribution in [0.15, 0.2) is 36.4 Å². The molecule has 1 amide bonds. The number of hydrogen-bond acceptors (Lipinski definition) is 5. The van der Waals surface area contributed by atoms with Gasteiger partial charge in [0.15, 0.2) is 11.9 Å². The Morgan fingerprint density at radius 1 is 1.15 bits per heavy atom. The predicted molar refractivity (Wildman–Crippen MR) is 104 cm³/mol. The van der Waals surface area contributed by atoms with Crippen molar-refractivity contribution in [1.29, 1.82) is 0 Å². The minimum Gasteiger partial charge on any atom is -0.479 e. The fraction of sp³-hybridized carbons (Fsp3) is 0.222. The molecule has 0 radical (unpaired) electrons. The van der Waals surface area contributed by atoms with Crippen LogP contribution in [0.1, 0.15) is 18.3 Å². The quantitative estimate of drug-likeness (QED) is 0.693. The van der Waals surface area contributed by atoms with E-state index in [9.17, 15) is 4.79 Å². The number of benzene rings is 1. The molecule has 0 aliphatic rings. The average Bonchev–Trinajstić information content (AvgIpc) is 2.99. The standard InChI is InChI=1S/C18H17Cl2N5O2/c1-10-7-8-15(23-22-10)25-16(9-11(2)24-25)21-18(26)12(3)27-14-6-4-5-13(19)17(14)20/h4-9,12H,1-3H3,(H,21,26). The third kappa shape index (κ3) is 4.37. The Labute approximate surface area is 166 Å². The Bertz CT molecular complexity index is 972. The molecule has 1 N–H and O–H groups in total. The highest BCUT2D eigenvalue weighted by Gasteiger charge is 2.20. The van der Waals surface area contributed by atoms with Gasteiger partial charge in [-0.15, -0.1) is 5.10 Å². The summed E-state index contributed by atoms with van der Waals surface area (Å²) in [6.45, 7) is 5.28. The summed E-state index contributed by atoms with van der Waals surface area (Å²) in [5, 5.41) is 15.9. The topological polar surface area (TPSA) is 81.9 Å². The molecule has 0 aliphatic heterocycles. The Morgan fingerprint density at radius 2 is 1.93 bits per heavy atom. The number of halogens is 2. The van der Waals surface area contributed by atoms with E-state index in [-0.39, 0.29) is 10.9 Å². The first-order valence-corrected chi connectivity index (χ1v) is 8.89. The molecule has 27 heavy (non-hydrogen) atoms. The monoisotopic (exact) mass is 405 g/mol. The van der Waals surface area contributed by atoms with Crippen molar-refractivity contribution in [2.75, 3.05) is 5.32 Å². The van der Waals surface area contributed by atoms with Gasteiger partial charge in [-0.05, 0) is 45.0 Å². The molecule has 2 aromatic heterocycles. The second-order valence-corrected chi connectivity index (χ2v) is 6.70. The van der Waals surface area contributed by atoms with E-state index in [1.165, 1.54) is 4.68 Å². The van der Waals surface area contributed by atoms with E-state index in [1.54, 1.807) is 37.3 Å². The van der Waals surface area contributed by atoms with E-state index in [4.69, 9.17) is 27.9 Å². The van der Waals surface area contributed by atoms with E-state index in [0.29, 0.717) is 22.4 Å². The summed E-state index contributed by atoms with van der Waals surface area (Å²) in [6, 6.07) is 10.3. The third-order valence-electron chi connectivity index (χ3n) is 3.67. The molecule has 0 spiro atoms. The minimum absolute atomic E-state index is 0.259. The van der Waals surface area contributed by atoms with Gasteiger partial charge >= 0.3 is 0 Å². The molecule has 1 aromatic carbocycles. The van der Waals surface area contributed by atoms with Gasteiger partial charge < -0.3 is 10.1 Å². The molecular weight excluding hydrogens is 389 g/mol. The van der Waals surface area contributed by atoms with Crippen LogP contribution in [0.2, 0.25) is 10.0 Å². The Hall–Kier alpha value is -2.64. The van der Waals surface area contributed by atoms with Crippen LogP contribution in [-0.4, -0.2) is 32.0 Å². The second-order valence-electron chi connectivity index (χ2n) is 5.92. The summed E-state index contributed by atoms with van der Waals surface area (Å²) >= 11 is 12.1. The zero-order valence-corrected chi connectivity index (χ0v) is 16.4. The molecule has 2 heterocycles. The SMILES string of the molecule is Cc1ccc(-n2nc(C)cc2NC(=O)C(C)Oc2cccc(Cl)c2Cl)nn1. The van der Waals surface area contributed by atoms with Crippen LogP contribution < -0.4 is 10.1 Å². The van der Waals surface area contributed by atoms with Crippen LogP contribution in [0.4, 0.5) is 5.82 Å². The molecule has 9 heteroatoms. The normalized spacial score (nSPS) is 11.9. The van der Waals surface area contributed by atoms with Crippen molar-refractivity contribution in [2.24, 2.45) is 0 Å². The fourth-order valence-corrected chi connectivity index (χ4v) is 2.65. The highest BCUT2D eigenvalue weighted by Crippen LogP contribution is 2.32. The molecule has 0 saturated heterocycles. The van der Waals surface area contributed by atoms with Gasteiger partial charge in [0.25, 0.3) is 5.91 Å². The lowest BCUT2D eigenvalue weighted by molar-refractivity contribution is -0.122. The lowest BCUT2D eigenvalue weighted by Gasteiger charge is -2.16. The van der Waals surface area contributed by atoms with Gasteiger partial charge in [-0.3, -0.25) is 4.79 Å². The summed E-state index contributed by atoms with van der Waals surface area (Å²) in [5.41, 5.74) is 1.51. The fourth-order valence-electron chi connectivity index (χ4n) is 2.31. The number of rotatable bonds is 5. The van der Waals surface area contributed by atoms with Crippen LogP contribution >= 0.6 is 23.2 Å². The van der Waals surface area contributed by atoms with E-state index in [1.807, 2.05) is 19.9 Å². The predicted octanol–water partition coefficient (Wildman–Crippen LogP) is 3.99. The van der Waals surface area contributed by atoms with Gasteiger partial charge in [-0.25, -0.2) is 0 Å². The van der Waals surface area contributed by atoms with Gasteiger partial charge in [-0.2, -0.15) is 14.9 Å². The maximum absolute atomic E-state index is 12.6. The summed E-state index contributed by atoms with van der Waals surface area (Å²) < 4.78 is 7.15. The van der Waals surface area contributed by atoms with Crippen molar-refractivity contribution < 1.29 is 9.53 Å². The summed E-state index contributed by atoms with van der Waals surface area (Å²) in [7, 11) is 0. The van der Waals surface area contributed by atoms with Crippen molar-refractivity contribution in [1.82, 2.24) is 20.0 Å². The van der Waals surface area contributed by atoms with Crippen LogP contribution in [-0.2, 0) is 4.79 Å². The molecule has 0 aliphatic carbocycles. The van der Waals surface area contributed by atoms with Crippen molar-refractivity contribution in [2.45, 2.75) is 26.9 Å². The molecule has 0 fully saturated rings. The smallest absolute Gasteiger partial charge is 0.266 e. The molecular formula is C18H17Cl2N5O2. The molecule has 0 bridgehead atoms. The molecule has 7 nitrogen and oxygen atoms in total. The number of amides is 1. The molecule has 1 unspecified atom stereocenters. The highest BCUT2D eigenvalue weighted by atomic mass is 35.5. The first-order chi connectivity index (χ1) is 12.8. The molecule has 3 rings (SSSR count). The number of nitrogens with zero attached hydrogens (tertiary/aromatic N) is 4. The molecule has 1 atom stereocenters. The average molecular weight is 406 g/mol. The van der Waals surface area contributed by atoms with Crippen molar-refractivity contribution in [3.05, 3.63) is 57.8 Å². The lowest BCUT2D eigenvalue weighted by atomic mass is 10.3. The number of carbonyl (C=O) groups is 1. The van der Waals surface area contributed by atoms with Crippen molar-refractivity contribution >= 4 is 34.9 Å². The number of ether oxygens (including phenoxy) is 1. The second kappa shape index (κ2) is 7.94. The van der Waals surface area contributed by atoms with E-state index >= 15 is 0 Å². The number of anilines is 1. The van der Waals surface area contributed by atoms with Crippen molar-refractivity contribution in [3.8, 4) is 11.6 Å². The number of aryl methyl sites for hydroxylation is 2. The maximum Gasteiger partial charge on any atom is 0.266 e. The van der Waals surface area contributed by atoms with Gasteiger partial charge in [-0.1, -0.05) is 29.3 Å². The van der Waals surface area contributed by atoms with E-state index in [2.05, 4.69) is 20.6 Å². The third-order valence-corrected chi connectivity index (χ3v) is 4.47. The first-order valence-electron chi connectivity index (χ1n) is 8.14. The number of aromatic nitrogens is 4. The van der Waals surface area contributed by atoms with E-state index in [0.717, 1.165) is 11.4 Å². The Balaban J connectivity index is 1.78. The van der Waals surface area contributed by atoms with Gasteiger partial charge in [0.05, 0.1) is 16.4 Å². The van der Waals surface area contributed by atoms with Crippen LogP contribution in [0.25, 0.3) is 5.82 Å². The maximum atomic E-state index is 12.6. The Morgan fingerprint density at radius 3 is 2.63 bits per heavy atom. The minimum atomic E-state index is -0.811. The van der Waals surface area contributed by atoms with Gasteiger partial charge in [0, 0.05) is 6.07 Å².